The van der Waals surface area contributed by atoms with Crippen LogP contribution in [0.2, 0.25) is 0 Å². The molecule has 1 saturated carbocycles. The number of hydrogen-bond acceptors (Lipinski definition) is 3. The second-order valence-corrected chi connectivity index (χ2v) is 8.51. The third-order valence-corrected chi connectivity index (χ3v) is 6.28. The van der Waals surface area contributed by atoms with E-state index in [1.54, 1.807) is 0 Å². The maximum absolute atomic E-state index is 3.59. The van der Waals surface area contributed by atoms with Gasteiger partial charge in [0.15, 0.2) is 0 Å². The third-order valence-electron chi connectivity index (χ3n) is 6.28. The van der Waals surface area contributed by atoms with Crippen molar-refractivity contribution in [2.45, 2.75) is 64.5 Å². The maximum atomic E-state index is 3.59. The molecule has 0 aromatic heterocycles. The summed E-state index contributed by atoms with van der Waals surface area (Å²) >= 11 is 0. The van der Waals surface area contributed by atoms with Crippen molar-refractivity contribution in [2.75, 3.05) is 39.8 Å². The van der Waals surface area contributed by atoms with Gasteiger partial charge >= 0.3 is 0 Å². The van der Waals surface area contributed by atoms with E-state index in [9.17, 15) is 0 Å². The van der Waals surface area contributed by atoms with Gasteiger partial charge in [0, 0.05) is 25.2 Å². The Bertz CT molecular complexity index is 335. The van der Waals surface area contributed by atoms with Gasteiger partial charge in [0.2, 0.25) is 0 Å². The fraction of sp³-hybridized carbons (Fsp3) is 1.00. The molecule has 0 amide bonds. The molecule has 3 aliphatic rings. The average Bonchev–Trinajstić information content (AvgIpc) is 3.08. The standard InChI is InChI=1S/C18H35N3/c1-18(2)8-6-17(19-3)15(12-18)13-20-11-7-16(14-20)21-9-4-5-10-21/h15-17,19H,4-14H2,1-3H3. The first kappa shape index (κ1) is 15.8. The molecule has 0 spiro atoms. The van der Waals surface area contributed by atoms with Crippen LogP contribution >= 0.6 is 0 Å². The van der Waals surface area contributed by atoms with E-state index in [1.165, 1.54) is 71.2 Å². The highest BCUT2D eigenvalue weighted by atomic mass is 15.3. The van der Waals surface area contributed by atoms with Crippen LogP contribution in [0.15, 0.2) is 0 Å². The second kappa shape index (κ2) is 6.55. The smallest absolute Gasteiger partial charge is 0.0235 e. The number of hydrogen-bond donors (Lipinski definition) is 1. The van der Waals surface area contributed by atoms with Crippen molar-refractivity contribution in [1.82, 2.24) is 15.1 Å². The van der Waals surface area contributed by atoms with Crippen molar-refractivity contribution >= 4 is 0 Å². The predicted octanol–water partition coefficient (Wildman–Crippen LogP) is 2.57. The van der Waals surface area contributed by atoms with Gasteiger partial charge in [-0.15, -0.1) is 0 Å². The van der Waals surface area contributed by atoms with Crippen LogP contribution in [-0.4, -0.2) is 61.7 Å². The molecule has 2 aliphatic heterocycles. The zero-order chi connectivity index (χ0) is 14.9. The molecule has 0 radical (unpaired) electrons. The van der Waals surface area contributed by atoms with Crippen LogP contribution in [0.5, 0.6) is 0 Å². The fourth-order valence-electron chi connectivity index (χ4n) is 5.02. The van der Waals surface area contributed by atoms with Crippen molar-refractivity contribution in [1.29, 1.82) is 0 Å². The zero-order valence-electron chi connectivity index (χ0n) is 14.4. The summed E-state index contributed by atoms with van der Waals surface area (Å²) in [5.41, 5.74) is 0.548. The molecular weight excluding hydrogens is 258 g/mol. The monoisotopic (exact) mass is 293 g/mol. The van der Waals surface area contributed by atoms with E-state index in [4.69, 9.17) is 0 Å². The zero-order valence-corrected chi connectivity index (χ0v) is 14.4. The first-order chi connectivity index (χ1) is 10.1. The lowest BCUT2D eigenvalue weighted by atomic mass is 9.70. The number of nitrogens with zero attached hydrogens (tertiary/aromatic N) is 2. The summed E-state index contributed by atoms with van der Waals surface area (Å²) in [5, 5.41) is 3.59. The molecule has 3 atom stereocenters. The molecular formula is C18H35N3. The van der Waals surface area contributed by atoms with Gasteiger partial charge in [0.05, 0.1) is 0 Å². The van der Waals surface area contributed by atoms with E-state index >= 15 is 0 Å². The van der Waals surface area contributed by atoms with Gasteiger partial charge in [-0.2, -0.15) is 0 Å². The highest BCUT2D eigenvalue weighted by Gasteiger charge is 2.37. The van der Waals surface area contributed by atoms with Crippen LogP contribution in [0.25, 0.3) is 0 Å². The van der Waals surface area contributed by atoms with Gasteiger partial charge in [-0.05, 0) is 76.5 Å². The Balaban J connectivity index is 1.53. The van der Waals surface area contributed by atoms with Crippen LogP contribution in [-0.2, 0) is 0 Å². The predicted molar refractivity (Wildman–Crippen MR) is 89.6 cm³/mol. The lowest BCUT2D eigenvalue weighted by Gasteiger charge is -2.42. The van der Waals surface area contributed by atoms with E-state index in [2.05, 4.69) is 36.0 Å². The van der Waals surface area contributed by atoms with Crippen LogP contribution in [0.1, 0.15) is 52.4 Å². The Kier molecular flexibility index (Phi) is 4.92. The molecule has 2 heterocycles. The summed E-state index contributed by atoms with van der Waals surface area (Å²) < 4.78 is 0. The van der Waals surface area contributed by atoms with Gasteiger partial charge in [0.25, 0.3) is 0 Å². The van der Waals surface area contributed by atoms with E-state index in [1.807, 2.05) is 0 Å². The SMILES string of the molecule is CNC1CCC(C)(C)CC1CN1CCC(N2CCCC2)C1. The molecule has 0 bridgehead atoms. The molecule has 3 rings (SSSR count). The van der Waals surface area contributed by atoms with Gasteiger partial charge in [-0.3, -0.25) is 4.90 Å². The number of likely N-dealkylation sites (tertiary alicyclic amines) is 2. The highest BCUT2D eigenvalue weighted by Crippen LogP contribution is 2.39. The molecule has 3 fully saturated rings. The molecule has 3 unspecified atom stereocenters. The Morgan fingerprint density at radius 3 is 2.57 bits per heavy atom. The molecule has 2 saturated heterocycles. The summed E-state index contributed by atoms with van der Waals surface area (Å²) in [6.45, 7) is 11.6. The van der Waals surface area contributed by atoms with E-state index in [0.29, 0.717) is 5.41 Å². The molecule has 1 aliphatic carbocycles. The average molecular weight is 293 g/mol. The summed E-state index contributed by atoms with van der Waals surface area (Å²) in [4.78, 5) is 5.51. The van der Waals surface area contributed by atoms with Crippen LogP contribution < -0.4 is 5.32 Å². The maximum Gasteiger partial charge on any atom is 0.0235 e. The molecule has 1 N–H and O–H groups in total. The molecule has 0 aromatic carbocycles. The fourth-order valence-corrected chi connectivity index (χ4v) is 5.02. The topological polar surface area (TPSA) is 18.5 Å². The van der Waals surface area contributed by atoms with Crippen molar-refractivity contribution in [2.24, 2.45) is 11.3 Å². The molecule has 0 aromatic rings. The first-order valence-corrected chi connectivity index (χ1v) is 9.21. The lowest BCUT2D eigenvalue weighted by molar-refractivity contribution is 0.108. The minimum atomic E-state index is 0.548. The Labute approximate surface area is 131 Å². The van der Waals surface area contributed by atoms with Crippen LogP contribution in [0.4, 0.5) is 0 Å². The van der Waals surface area contributed by atoms with E-state index in [-0.39, 0.29) is 0 Å². The van der Waals surface area contributed by atoms with Crippen molar-refractivity contribution in [3.8, 4) is 0 Å². The minimum Gasteiger partial charge on any atom is -0.317 e. The normalized spacial score (nSPS) is 38.1. The molecule has 3 nitrogen and oxygen atoms in total. The third kappa shape index (κ3) is 3.80. The quantitative estimate of drug-likeness (QED) is 0.859. The highest BCUT2D eigenvalue weighted by molar-refractivity contribution is 4.92. The minimum absolute atomic E-state index is 0.548. The van der Waals surface area contributed by atoms with Gasteiger partial charge in [-0.25, -0.2) is 0 Å². The number of nitrogens with one attached hydrogen (secondary N) is 1. The van der Waals surface area contributed by atoms with E-state index < -0.39 is 0 Å². The van der Waals surface area contributed by atoms with Gasteiger partial charge in [0.1, 0.15) is 0 Å². The molecule has 21 heavy (non-hydrogen) atoms. The number of rotatable bonds is 4. The van der Waals surface area contributed by atoms with Crippen molar-refractivity contribution in [3.63, 3.8) is 0 Å². The van der Waals surface area contributed by atoms with E-state index in [0.717, 1.165) is 18.0 Å². The lowest BCUT2D eigenvalue weighted by Crippen LogP contribution is -2.46. The second-order valence-electron chi connectivity index (χ2n) is 8.51. The van der Waals surface area contributed by atoms with Gasteiger partial charge < -0.3 is 10.2 Å². The van der Waals surface area contributed by atoms with Crippen molar-refractivity contribution in [3.05, 3.63) is 0 Å². The largest absolute Gasteiger partial charge is 0.317 e. The summed E-state index contributed by atoms with van der Waals surface area (Å²) in [7, 11) is 2.16. The summed E-state index contributed by atoms with van der Waals surface area (Å²) in [6, 6.07) is 1.60. The van der Waals surface area contributed by atoms with Crippen LogP contribution in [0.3, 0.4) is 0 Å². The first-order valence-electron chi connectivity index (χ1n) is 9.21. The summed E-state index contributed by atoms with van der Waals surface area (Å²) in [5.74, 6) is 0.844. The van der Waals surface area contributed by atoms with Crippen LogP contribution in [0, 0.1) is 11.3 Å². The Hall–Kier alpha value is -0.120. The van der Waals surface area contributed by atoms with Gasteiger partial charge in [-0.1, -0.05) is 13.8 Å². The molecule has 122 valence electrons. The van der Waals surface area contributed by atoms with Crippen molar-refractivity contribution < 1.29 is 0 Å². The Morgan fingerprint density at radius 2 is 1.86 bits per heavy atom. The summed E-state index contributed by atoms with van der Waals surface area (Å²) in [6.07, 6.45) is 8.39. The molecule has 3 heteroatoms. The Morgan fingerprint density at radius 1 is 1.10 bits per heavy atom.